The normalized spacial score (nSPS) is 9.67. The molecule has 0 spiro atoms. The molecule has 0 aromatic rings. The Balaban J connectivity index is -0.0000000800. The van der Waals surface area contributed by atoms with Gasteiger partial charge in [0.15, 0.2) is 0 Å². The summed E-state index contributed by atoms with van der Waals surface area (Å²) < 4.78 is 24.0. The third-order valence-corrected chi connectivity index (χ3v) is 0. The van der Waals surface area contributed by atoms with Crippen molar-refractivity contribution in [2.75, 3.05) is 0 Å². The van der Waals surface area contributed by atoms with E-state index in [9.17, 15) is 0 Å². The zero-order chi connectivity index (χ0) is 4.50. The van der Waals surface area contributed by atoms with E-state index in [1.54, 1.807) is 0 Å². The Morgan fingerprint density at radius 3 is 1.67 bits per heavy atom. The van der Waals surface area contributed by atoms with Crippen LogP contribution in [-0.2, 0) is 20.2 Å². The molecule has 0 atom stereocenters. The van der Waals surface area contributed by atoms with E-state index >= 15 is 0 Å². The molecule has 0 aliphatic rings. The summed E-state index contributed by atoms with van der Waals surface area (Å²) in [6.07, 6.45) is 0. The maximum atomic E-state index is 9.11. The molecule has 0 bridgehead atoms. The maximum Gasteiger partial charge on any atom is 1.00 e. The van der Waals surface area contributed by atoms with Gasteiger partial charge in [-0.3, -0.25) is 9.11 Å². The topological polar surface area (TPSA) is 57.5 Å². The molecule has 0 aromatic carbocycles. The van der Waals surface area contributed by atoms with Gasteiger partial charge in [0.25, 0.3) is 9.05 Å². The summed E-state index contributed by atoms with van der Waals surface area (Å²) in [5.41, 5.74) is 0. The van der Waals surface area contributed by atoms with Crippen LogP contribution in [0, 0.1) is 0 Å². The molecule has 34 valence electrons. The fourth-order valence-electron chi connectivity index (χ4n) is 0. The van der Waals surface area contributed by atoms with Crippen molar-refractivity contribution in [1.82, 2.24) is 0 Å². The third-order valence-electron chi connectivity index (χ3n) is 0. The Labute approximate surface area is 91.1 Å². The Kier molecular flexibility index (Phi) is 7.35. The van der Waals surface area contributed by atoms with Crippen LogP contribution in [0.4, 0.5) is 0 Å². The number of hydrogen-bond donors (Lipinski definition) is 2. The first-order valence-corrected chi connectivity index (χ1v) is 3.10. The zero-order valence-electron chi connectivity index (χ0n) is 4.12. The minimum atomic E-state index is -3.83. The van der Waals surface area contributed by atoms with Gasteiger partial charge in [-0.2, -0.15) is 4.21 Å². The summed E-state index contributed by atoms with van der Waals surface area (Å²) in [4.78, 5) is 0. The number of rotatable bonds is 0. The second-order valence-electron chi connectivity index (χ2n) is 0.448. The predicted octanol–water partition coefficient (Wildman–Crippen LogP) is -3.20. The quantitative estimate of drug-likeness (QED) is 0.433. The van der Waals surface area contributed by atoms with Crippen molar-refractivity contribution in [3.8, 4) is 0 Å². The molecular formula is H3O3RbS2. The summed E-state index contributed by atoms with van der Waals surface area (Å²) in [6, 6.07) is 0. The van der Waals surface area contributed by atoms with Crippen LogP contribution in [0.3, 0.4) is 0 Å². The minimum Gasteiger partial charge on any atom is -1.00 e. The fraction of sp³-hybridized carbons (Fsp3) is 0. The van der Waals surface area contributed by atoms with Crippen LogP contribution in [-0.4, -0.2) is 13.3 Å². The van der Waals surface area contributed by atoms with E-state index in [1.165, 1.54) is 0 Å². The smallest absolute Gasteiger partial charge is 1.00 e. The van der Waals surface area contributed by atoms with E-state index in [2.05, 4.69) is 11.2 Å². The van der Waals surface area contributed by atoms with Crippen LogP contribution in [0.5, 0.6) is 0 Å². The van der Waals surface area contributed by atoms with Crippen molar-refractivity contribution in [3.05, 3.63) is 0 Å². The summed E-state index contributed by atoms with van der Waals surface area (Å²) in [5, 5.41) is 0. The monoisotopic (exact) mass is 200 g/mol. The zero-order valence-corrected chi connectivity index (χ0v) is 9.67. The molecule has 0 rings (SSSR count). The third kappa shape index (κ3) is 36.0. The van der Waals surface area contributed by atoms with Gasteiger partial charge in [0.05, 0.1) is 0 Å². The molecule has 0 aliphatic carbocycles. The first kappa shape index (κ1) is 11.0. The van der Waals surface area contributed by atoms with Gasteiger partial charge in [-0.25, -0.2) is 0 Å². The first-order chi connectivity index (χ1) is 2.00. The van der Waals surface area contributed by atoms with Crippen LogP contribution in [0.15, 0.2) is 0 Å². The average molecular weight is 201 g/mol. The van der Waals surface area contributed by atoms with Crippen molar-refractivity contribution < 1.29 is 72.9 Å². The molecule has 2 N–H and O–H groups in total. The molecular weight excluding hydrogens is 198 g/mol. The van der Waals surface area contributed by atoms with E-state index in [0.717, 1.165) is 0 Å². The fourth-order valence-corrected chi connectivity index (χ4v) is 0. The molecule has 0 radical (unpaired) electrons. The average Bonchev–Trinajstić information content (AvgIpc) is 0.722. The van der Waals surface area contributed by atoms with Gasteiger partial charge in [0.1, 0.15) is 0 Å². The molecule has 0 amide bonds. The van der Waals surface area contributed by atoms with Crippen LogP contribution in [0.25, 0.3) is 0 Å². The Morgan fingerprint density at radius 1 is 1.67 bits per heavy atom. The molecule has 3 nitrogen and oxygen atoms in total. The van der Waals surface area contributed by atoms with Gasteiger partial charge in [0.2, 0.25) is 0 Å². The molecule has 0 aromatic heterocycles. The molecule has 0 aliphatic heterocycles. The molecule has 0 saturated carbocycles. The standard InChI is InChI=1S/H2O3S2.Rb.H/c1-5(2,3)4;;/h(H2,1,2,3,4);;/q;+1;-1. The van der Waals surface area contributed by atoms with Gasteiger partial charge >= 0.3 is 58.2 Å². The molecule has 0 fully saturated rings. The van der Waals surface area contributed by atoms with E-state index < -0.39 is 9.05 Å². The largest absolute Gasteiger partial charge is 1.00 e. The SMILES string of the molecule is O=S(O)(O)=S.[H-].[Rb+]. The van der Waals surface area contributed by atoms with E-state index in [-0.39, 0.29) is 59.6 Å². The minimum absolute atomic E-state index is 0. The summed E-state index contributed by atoms with van der Waals surface area (Å²) in [5.74, 6) is 0. The molecule has 6 heavy (non-hydrogen) atoms. The molecule has 0 heterocycles. The Bertz CT molecular complexity index is 96.1. The molecule has 0 unspecified atom stereocenters. The Hall–Kier alpha value is 2.10. The van der Waals surface area contributed by atoms with E-state index in [1.807, 2.05) is 0 Å². The first-order valence-electron chi connectivity index (χ1n) is 0.698. The predicted molar refractivity (Wildman–Crippen MR) is 21.9 cm³/mol. The molecule has 0 saturated heterocycles. The Morgan fingerprint density at radius 2 is 1.67 bits per heavy atom. The van der Waals surface area contributed by atoms with Gasteiger partial charge < -0.3 is 1.43 Å². The van der Waals surface area contributed by atoms with Gasteiger partial charge in [-0.05, 0) is 0 Å². The van der Waals surface area contributed by atoms with Crippen LogP contribution >= 0.6 is 0 Å². The second-order valence-corrected chi connectivity index (χ2v) is 2.65. The van der Waals surface area contributed by atoms with Gasteiger partial charge in [-0.15, -0.1) is 0 Å². The van der Waals surface area contributed by atoms with Crippen molar-refractivity contribution in [3.63, 3.8) is 0 Å². The van der Waals surface area contributed by atoms with Crippen LogP contribution in [0.1, 0.15) is 1.43 Å². The molecule has 6 heteroatoms. The summed E-state index contributed by atoms with van der Waals surface area (Å²) >= 11 is 3.47. The summed E-state index contributed by atoms with van der Waals surface area (Å²) in [7, 11) is -3.83. The van der Waals surface area contributed by atoms with E-state index in [0.29, 0.717) is 0 Å². The maximum absolute atomic E-state index is 9.11. The van der Waals surface area contributed by atoms with Crippen molar-refractivity contribution in [2.24, 2.45) is 0 Å². The van der Waals surface area contributed by atoms with Crippen molar-refractivity contribution in [1.29, 1.82) is 0 Å². The van der Waals surface area contributed by atoms with Crippen LogP contribution < -0.4 is 58.2 Å². The van der Waals surface area contributed by atoms with Gasteiger partial charge in [0, 0.05) is 11.2 Å². The summed E-state index contributed by atoms with van der Waals surface area (Å²) in [6.45, 7) is 0. The number of hydrogen-bond acceptors (Lipinski definition) is 2. The van der Waals surface area contributed by atoms with Gasteiger partial charge in [-0.1, -0.05) is 0 Å². The van der Waals surface area contributed by atoms with Crippen molar-refractivity contribution >= 4 is 20.2 Å². The van der Waals surface area contributed by atoms with Crippen LogP contribution in [0.2, 0.25) is 0 Å². The van der Waals surface area contributed by atoms with E-state index in [4.69, 9.17) is 13.3 Å². The second kappa shape index (κ2) is 4.02. The van der Waals surface area contributed by atoms with Crippen molar-refractivity contribution in [2.45, 2.75) is 0 Å².